The Bertz CT molecular complexity index is 1130. The highest BCUT2D eigenvalue weighted by Crippen LogP contribution is 2.40. The van der Waals surface area contributed by atoms with E-state index in [-0.39, 0.29) is 10.9 Å². The van der Waals surface area contributed by atoms with Gasteiger partial charge in [0.2, 0.25) is 0 Å². The van der Waals surface area contributed by atoms with Crippen molar-refractivity contribution < 1.29 is 5.21 Å². The molecular formula is C20H14ClN2O2S-. The number of hydrogen-bond donors (Lipinski definition) is 1. The second kappa shape index (κ2) is 6.78. The molecule has 1 heterocycles. The Morgan fingerprint density at radius 1 is 1.00 bits per heavy atom. The molecule has 0 aliphatic rings. The van der Waals surface area contributed by atoms with Crippen LogP contribution in [0.15, 0.2) is 70.5 Å². The molecule has 130 valence electrons. The molecule has 0 radical (unpaired) electrons. The summed E-state index contributed by atoms with van der Waals surface area (Å²) in [6.45, 7) is 1.91. The first-order chi connectivity index (χ1) is 12.5. The number of halogens is 1. The van der Waals surface area contributed by atoms with Crippen LogP contribution in [-0.2, 0) is 0 Å². The van der Waals surface area contributed by atoms with E-state index in [1.54, 1.807) is 23.9 Å². The highest BCUT2D eigenvalue weighted by molar-refractivity contribution is 7.99. The summed E-state index contributed by atoms with van der Waals surface area (Å²) >= 11 is 7.76. The van der Waals surface area contributed by atoms with Crippen molar-refractivity contribution in [2.24, 2.45) is 0 Å². The molecule has 0 saturated heterocycles. The lowest BCUT2D eigenvalue weighted by atomic mass is 10.1. The Morgan fingerprint density at radius 3 is 2.54 bits per heavy atom. The number of anilines is 1. The maximum atomic E-state index is 11.1. The molecule has 0 atom stereocenters. The molecule has 26 heavy (non-hydrogen) atoms. The van der Waals surface area contributed by atoms with Crippen molar-refractivity contribution in [1.29, 1.82) is 0 Å². The third kappa shape index (κ3) is 3.10. The molecule has 1 N–H and O–H groups in total. The molecule has 1 aromatic heterocycles. The van der Waals surface area contributed by atoms with Gasteiger partial charge in [-0.15, -0.1) is 0 Å². The summed E-state index contributed by atoms with van der Waals surface area (Å²) < 4.78 is 0. The van der Waals surface area contributed by atoms with Crippen molar-refractivity contribution in [3.05, 3.63) is 76.5 Å². The van der Waals surface area contributed by atoms with E-state index in [1.165, 1.54) is 0 Å². The van der Waals surface area contributed by atoms with Crippen LogP contribution >= 0.6 is 23.4 Å². The van der Waals surface area contributed by atoms with Crippen molar-refractivity contribution in [1.82, 2.24) is 4.98 Å². The van der Waals surface area contributed by atoms with E-state index in [2.05, 4.69) is 6.07 Å². The van der Waals surface area contributed by atoms with Gasteiger partial charge in [0.05, 0.1) is 16.7 Å². The topological polar surface area (TPSA) is 59.4 Å². The number of aryl methyl sites for hydroxylation is 1. The lowest BCUT2D eigenvalue weighted by molar-refractivity contribution is 0.296. The molecule has 0 aliphatic heterocycles. The minimum absolute atomic E-state index is 0.124. The highest BCUT2D eigenvalue weighted by atomic mass is 35.5. The van der Waals surface area contributed by atoms with Gasteiger partial charge in [-0.25, -0.2) is 4.98 Å². The van der Waals surface area contributed by atoms with Gasteiger partial charge in [-0.2, -0.15) is 0 Å². The van der Waals surface area contributed by atoms with Gasteiger partial charge >= 0.3 is 0 Å². The minimum Gasteiger partial charge on any atom is -0.733 e. The predicted molar refractivity (Wildman–Crippen MR) is 107 cm³/mol. The summed E-state index contributed by atoms with van der Waals surface area (Å²) in [5, 5.41) is 22.8. The molecule has 0 amide bonds. The second-order valence-corrected chi connectivity index (χ2v) is 7.43. The van der Waals surface area contributed by atoms with E-state index in [1.807, 2.05) is 49.4 Å². The Hall–Kier alpha value is -2.31. The monoisotopic (exact) mass is 381 g/mol. The van der Waals surface area contributed by atoms with Gasteiger partial charge in [-0.3, -0.25) is 5.21 Å². The van der Waals surface area contributed by atoms with E-state index >= 15 is 0 Å². The van der Waals surface area contributed by atoms with Crippen LogP contribution in [0.3, 0.4) is 0 Å². The first kappa shape index (κ1) is 17.1. The van der Waals surface area contributed by atoms with Crippen molar-refractivity contribution in [3.63, 3.8) is 0 Å². The summed E-state index contributed by atoms with van der Waals surface area (Å²) in [5.74, 6) is 0. The zero-order valence-corrected chi connectivity index (χ0v) is 15.4. The number of nitrogens with zero attached hydrogens (tertiary/aromatic N) is 2. The lowest BCUT2D eigenvalue weighted by Gasteiger charge is -2.22. The van der Waals surface area contributed by atoms with E-state index in [0.29, 0.717) is 5.02 Å². The number of benzene rings is 3. The standard InChI is InChI=1S/C20H14ClN2O2S/c1-12-10-14(23(24)25)7-9-19(12)26-20-15-4-2-3-5-17(15)22-18-11-13(21)6-8-16(18)20/h2-11,24H,1H3/q-1. The third-order valence-electron chi connectivity index (χ3n) is 4.19. The maximum absolute atomic E-state index is 11.1. The molecule has 0 bridgehead atoms. The van der Waals surface area contributed by atoms with E-state index < -0.39 is 0 Å². The second-order valence-electron chi connectivity index (χ2n) is 5.94. The third-order valence-corrected chi connectivity index (χ3v) is 5.74. The number of pyridine rings is 1. The fourth-order valence-corrected chi connectivity index (χ4v) is 4.22. The zero-order valence-electron chi connectivity index (χ0n) is 13.8. The molecule has 6 heteroatoms. The number of para-hydroxylation sites is 1. The van der Waals surface area contributed by atoms with Gasteiger partial charge in [0, 0.05) is 25.6 Å². The Kier molecular flexibility index (Phi) is 4.46. The van der Waals surface area contributed by atoms with Crippen molar-refractivity contribution in [2.75, 3.05) is 5.23 Å². The SMILES string of the molecule is Cc1cc(N([O-])O)ccc1Sc1c2ccccc2nc2cc(Cl)ccc12. The van der Waals surface area contributed by atoms with Gasteiger partial charge in [-0.05, 0) is 48.9 Å². The van der Waals surface area contributed by atoms with Crippen LogP contribution in [0.1, 0.15) is 5.56 Å². The molecule has 4 nitrogen and oxygen atoms in total. The van der Waals surface area contributed by atoms with Crippen molar-refractivity contribution in [3.8, 4) is 0 Å². The van der Waals surface area contributed by atoms with Gasteiger partial charge in [-0.1, -0.05) is 47.6 Å². The lowest BCUT2D eigenvalue weighted by Crippen LogP contribution is -2.06. The van der Waals surface area contributed by atoms with Gasteiger partial charge < -0.3 is 10.4 Å². The smallest absolute Gasteiger partial charge is 0.0735 e. The molecule has 0 fully saturated rings. The predicted octanol–water partition coefficient (Wildman–Crippen LogP) is 6.19. The van der Waals surface area contributed by atoms with E-state index in [9.17, 15) is 5.21 Å². The van der Waals surface area contributed by atoms with Crippen LogP contribution in [-0.4, -0.2) is 10.2 Å². The summed E-state index contributed by atoms with van der Waals surface area (Å²) in [4.78, 5) is 6.81. The summed E-state index contributed by atoms with van der Waals surface area (Å²) in [6.07, 6.45) is 0. The number of rotatable bonds is 3. The Balaban J connectivity index is 1.92. The number of aromatic nitrogens is 1. The molecule has 4 aromatic rings. The van der Waals surface area contributed by atoms with E-state index in [0.717, 1.165) is 37.2 Å². The zero-order chi connectivity index (χ0) is 18.3. The number of fused-ring (bicyclic) bond motifs is 2. The van der Waals surface area contributed by atoms with Gasteiger partial charge in [0.15, 0.2) is 0 Å². The van der Waals surface area contributed by atoms with Crippen LogP contribution in [0.2, 0.25) is 5.02 Å². The summed E-state index contributed by atoms with van der Waals surface area (Å²) in [6, 6.07) is 18.8. The normalized spacial score (nSPS) is 11.2. The van der Waals surface area contributed by atoms with Gasteiger partial charge in [0.1, 0.15) is 0 Å². The van der Waals surface area contributed by atoms with Gasteiger partial charge in [0.25, 0.3) is 0 Å². The first-order valence-corrected chi connectivity index (χ1v) is 9.15. The average Bonchev–Trinajstić information content (AvgIpc) is 2.62. The van der Waals surface area contributed by atoms with Crippen LogP contribution in [0.4, 0.5) is 5.69 Å². The Labute approximate surface area is 159 Å². The van der Waals surface area contributed by atoms with Crippen molar-refractivity contribution >= 4 is 50.9 Å². The summed E-state index contributed by atoms with van der Waals surface area (Å²) in [5.41, 5.74) is 2.86. The first-order valence-electron chi connectivity index (χ1n) is 7.95. The molecule has 0 saturated carbocycles. The molecule has 3 aromatic carbocycles. The number of hydrogen-bond acceptors (Lipinski definition) is 5. The van der Waals surface area contributed by atoms with Crippen LogP contribution in [0.5, 0.6) is 0 Å². The fourth-order valence-electron chi connectivity index (χ4n) is 2.91. The highest BCUT2D eigenvalue weighted by Gasteiger charge is 2.12. The maximum Gasteiger partial charge on any atom is 0.0735 e. The van der Waals surface area contributed by atoms with E-state index in [4.69, 9.17) is 21.8 Å². The quantitative estimate of drug-likeness (QED) is 0.338. The summed E-state index contributed by atoms with van der Waals surface area (Å²) in [7, 11) is 0. The molecule has 0 unspecified atom stereocenters. The fraction of sp³-hybridized carbons (Fsp3) is 0.0500. The molecule has 4 rings (SSSR count). The van der Waals surface area contributed by atoms with Crippen molar-refractivity contribution in [2.45, 2.75) is 16.7 Å². The van der Waals surface area contributed by atoms with Crippen LogP contribution in [0, 0.1) is 12.1 Å². The largest absolute Gasteiger partial charge is 0.733 e. The molecular weight excluding hydrogens is 368 g/mol. The Morgan fingerprint density at radius 2 is 1.77 bits per heavy atom. The minimum atomic E-state index is -0.124. The van der Waals surface area contributed by atoms with Crippen LogP contribution < -0.4 is 5.23 Å². The average molecular weight is 382 g/mol. The molecule has 0 aliphatic carbocycles. The van der Waals surface area contributed by atoms with Crippen LogP contribution in [0.25, 0.3) is 21.8 Å². The molecule has 0 spiro atoms.